The molecule has 1 atom stereocenters. The van der Waals surface area contributed by atoms with Gasteiger partial charge in [0.05, 0.1) is 12.0 Å². The number of hydrogen-bond donors (Lipinski definition) is 1. The normalized spacial score (nSPS) is 16.2. The van der Waals surface area contributed by atoms with Crippen molar-refractivity contribution in [1.29, 1.82) is 0 Å². The van der Waals surface area contributed by atoms with E-state index >= 15 is 0 Å². The van der Waals surface area contributed by atoms with Gasteiger partial charge in [-0.1, -0.05) is 0 Å². The first kappa shape index (κ1) is 18.3. The van der Waals surface area contributed by atoms with E-state index in [9.17, 15) is 9.59 Å². The highest BCUT2D eigenvalue weighted by Gasteiger charge is 2.23. The van der Waals surface area contributed by atoms with Crippen molar-refractivity contribution in [2.75, 3.05) is 18.5 Å². The van der Waals surface area contributed by atoms with Crippen LogP contribution in [0.25, 0.3) is 22.3 Å². The fourth-order valence-electron chi connectivity index (χ4n) is 3.27. The lowest BCUT2D eigenvalue weighted by Crippen LogP contribution is -2.26. The fraction of sp³-hybridized carbons (Fsp3) is 0.273. The number of carbonyl (C=O) groups excluding carboxylic acids is 1. The minimum atomic E-state index is -0.422. The van der Waals surface area contributed by atoms with Crippen LogP contribution in [0.5, 0.6) is 5.75 Å². The molecule has 1 amide bonds. The molecule has 1 unspecified atom stereocenters. The van der Waals surface area contributed by atoms with Gasteiger partial charge in [0.15, 0.2) is 5.43 Å². The van der Waals surface area contributed by atoms with Crippen molar-refractivity contribution in [3.63, 3.8) is 0 Å². The first-order valence-corrected chi connectivity index (χ1v) is 9.37. The average molecular weight is 379 g/mol. The first-order chi connectivity index (χ1) is 13.6. The van der Waals surface area contributed by atoms with Crippen molar-refractivity contribution < 1.29 is 18.7 Å². The third kappa shape index (κ3) is 3.77. The average Bonchev–Trinajstić information content (AvgIpc) is 3.24. The monoisotopic (exact) mass is 379 g/mol. The molecule has 6 nitrogen and oxygen atoms in total. The summed E-state index contributed by atoms with van der Waals surface area (Å²) in [4.78, 5) is 24.8. The Bertz CT molecular complexity index is 1050. The Labute approximate surface area is 162 Å². The van der Waals surface area contributed by atoms with Gasteiger partial charge in [0.1, 0.15) is 23.2 Å². The topological polar surface area (TPSA) is 77.8 Å². The maximum Gasteiger partial charge on any atom is 0.253 e. The van der Waals surface area contributed by atoms with Gasteiger partial charge in [0.25, 0.3) is 5.91 Å². The standard InChI is InChI=1S/C22H21NO5/c1-2-26-16-8-5-14(6-9-16)21-13-18(24)17-12-15(7-10-19(17)28-21)23-22(25)20-4-3-11-27-20/h5-10,12-13,20H,2-4,11H2,1H3,(H,23,25). The molecule has 2 heterocycles. The summed E-state index contributed by atoms with van der Waals surface area (Å²) in [6, 6.07) is 13.9. The third-order valence-corrected chi connectivity index (χ3v) is 4.67. The molecule has 0 radical (unpaired) electrons. The number of anilines is 1. The molecule has 3 aromatic rings. The SMILES string of the molecule is CCOc1ccc(-c2cc(=O)c3cc(NC(=O)C4CCCO4)ccc3o2)cc1. The van der Waals surface area contributed by atoms with E-state index < -0.39 is 6.10 Å². The highest BCUT2D eigenvalue weighted by atomic mass is 16.5. The molecule has 1 fully saturated rings. The quantitative estimate of drug-likeness (QED) is 0.726. The Morgan fingerprint density at radius 3 is 2.71 bits per heavy atom. The van der Waals surface area contributed by atoms with Crippen LogP contribution in [0.3, 0.4) is 0 Å². The number of nitrogens with one attached hydrogen (secondary N) is 1. The number of ether oxygens (including phenoxy) is 2. The largest absolute Gasteiger partial charge is 0.494 e. The van der Waals surface area contributed by atoms with Crippen molar-refractivity contribution in [3.8, 4) is 17.1 Å². The smallest absolute Gasteiger partial charge is 0.253 e. The Kier molecular flexibility index (Phi) is 5.12. The predicted octanol–water partition coefficient (Wildman–Crippen LogP) is 3.98. The van der Waals surface area contributed by atoms with Crippen LogP contribution in [-0.4, -0.2) is 25.2 Å². The minimum Gasteiger partial charge on any atom is -0.494 e. The lowest BCUT2D eigenvalue weighted by molar-refractivity contribution is -0.124. The van der Waals surface area contributed by atoms with Crippen molar-refractivity contribution in [3.05, 3.63) is 58.8 Å². The molecular weight excluding hydrogens is 358 g/mol. The molecule has 1 saturated heterocycles. The van der Waals surface area contributed by atoms with E-state index in [1.165, 1.54) is 6.07 Å². The van der Waals surface area contributed by atoms with Gasteiger partial charge in [-0.2, -0.15) is 0 Å². The number of fused-ring (bicyclic) bond motifs is 1. The third-order valence-electron chi connectivity index (χ3n) is 4.67. The van der Waals surface area contributed by atoms with Crippen molar-refractivity contribution in [2.24, 2.45) is 0 Å². The van der Waals surface area contributed by atoms with E-state index in [-0.39, 0.29) is 11.3 Å². The molecule has 144 valence electrons. The molecule has 1 N–H and O–H groups in total. The van der Waals surface area contributed by atoms with Gasteiger partial charge in [-0.05, 0) is 62.2 Å². The summed E-state index contributed by atoms with van der Waals surface area (Å²) in [5, 5.41) is 3.23. The van der Waals surface area contributed by atoms with Crippen LogP contribution in [0.15, 0.2) is 57.7 Å². The Morgan fingerprint density at radius 2 is 2.00 bits per heavy atom. The molecule has 0 bridgehead atoms. The number of rotatable bonds is 5. The number of amides is 1. The molecule has 1 aliphatic heterocycles. The van der Waals surface area contributed by atoms with E-state index in [0.717, 1.165) is 17.7 Å². The fourth-order valence-corrected chi connectivity index (χ4v) is 3.27. The Hall–Kier alpha value is -3.12. The molecule has 0 spiro atoms. The molecule has 2 aromatic carbocycles. The van der Waals surface area contributed by atoms with Crippen molar-refractivity contribution in [1.82, 2.24) is 0 Å². The molecule has 1 aromatic heterocycles. The van der Waals surface area contributed by atoms with Crippen LogP contribution in [0.4, 0.5) is 5.69 Å². The molecule has 1 aliphatic rings. The van der Waals surface area contributed by atoms with Gasteiger partial charge >= 0.3 is 0 Å². The molecule has 28 heavy (non-hydrogen) atoms. The predicted molar refractivity (Wildman–Crippen MR) is 107 cm³/mol. The second kappa shape index (κ2) is 7.86. The van der Waals surface area contributed by atoms with Gasteiger partial charge in [-0.15, -0.1) is 0 Å². The summed E-state index contributed by atoms with van der Waals surface area (Å²) >= 11 is 0. The molecule has 0 aliphatic carbocycles. The van der Waals surface area contributed by atoms with Gasteiger partial charge < -0.3 is 19.2 Å². The summed E-state index contributed by atoms with van der Waals surface area (Å²) in [6.45, 7) is 3.12. The van der Waals surface area contributed by atoms with Gasteiger partial charge in [-0.3, -0.25) is 9.59 Å². The maximum absolute atomic E-state index is 12.6. The lowest BCUT2D eigenvalue weighted by atomic mass is 10.1. The zero-order valence-corrected chi connectivity index (χ0v) is 15.6. The number of hydrogen-bond acceptors (Lipinski definition) is 5. The maximum atomic E-state index is 12.6. The van der Waals surface area contributed by atoms with E-state index in [1.807, 2.05) is 31.2 Å². The van der Waals surface area contributed by atoms with Crippen LogP contribution < -0.4 is 15.5 Å². The lowest BCUT2D eigenvalue weighted by Gasteiger charge is -2.11. The first-order valence-electron chi connectivity index (χ1n) is 9.37. The van der Waals surface area contributed by atoms with Gasteiger partial charge in [0, 0.05) is 23.9 Å². The number of carbonyl (C=O) groups is 1. The van der Waals surface area contributed by atoms with E-state index in [1.54, 1.807) is 18.2 Å². The van der Waals surface area contributed by atoms with Gasteiger partial charge in [-0.25, -0.2) is 0 Å². The van der Waals surface area contributed by atoms with Crippen LogP contribution in [-0.2, 0) is 9.53 Å². The Balaban J connectivity index is 1.60. The highest BCUT2D eigenvalue weighted by molar-refractivity contribution is 5.96. The van der Waals surface area contributed by atoms with E-state index in [2.05, 4.69) is 5.32 Å². The summed E-state index contributed by atoms with van der Waals surface area (Å²) in [6.07, 6.45) is 1.18. The number of benzene rings is 2. The summed E-state index contributed by atoms with van der Waals surface area (Å²) in [5.41, 5.74) is 1.64. The molecule has 4 rings (SSSR count). The van der Waals surface area contributed by atoms with Crippen LogP contribution in [0.1, 0.15) is 19.8 Å². The summed E-state index contributed by atoms with van der Waals surface area (Å²) in [5.74, 6) is 1.06. The van der Waals surface area contributed by atoms with E-state index in [4.69, 9.17) is 13.9 Å². The molecular formula is C22H21NO5. The molecule has 6 heteroatoms. The minimum absolute atomic E-state index is 0.168. The Morgan fingerprint density at radius 1 is 1.18 bits per heavy atom. The zero-order valence-electron chi connectivity index (χ0n) is 15.6. The second-order valence-electron chi connectivity index (χ2n) is 6.63. The van der Waals surface area contributed by atoms with E-state index in [0.29, 0.717) is 42.1 Å². The highest BCUT2D eigenvalue weighted by Crippen LogP contribution is 2.26. The zero-order chi connectivity index (χ0) is 19.5. The van der Waals surface area contributed by atoms with Gasteiger partial charge in [0.2, 0.25) is 0 Å². The van der Waals surface area contributed by atoms with Crippen LogP contribution in [0, 0.1) is 0 Å². The summed E-state index contributed by atoms with van der Waals surface area (Å²) in [7, 11) is 0. The second-order valence-corrected chi connectivity index (χ2v) is 6.63. The van der Waals surface area contributed by atoms with Crippen LogP contribution >= 0.6 is 0 Å². The molecule has 0 saturated carbocycles. The van der Waals surface area contributed by atoms with Crippen molar-refractivity contribution >= 4 is 22.6 Å². The van der Waals surface area contributed by atoms with Crippen LogP contribution in [0.2, 0.25) is 0 Å². The van der Waals surface area contributed by atoms with Crippen molar-refractivity contribution in [2.45, 2.75) is 25.9 Å². The summed E-state index contributed by atoms with van der Waals surface area (Å²) < 4.78 is 16.7.